The number of carboxylic acids is 1. The molecule has 0 amide bonds. The van der Waals surface area contributed by atoms with Crippen LogP contribution >= 0.6 is 11.3 Å². The van der Waals surface area contributed by atoms with Crippen molar-refractivity contribution < 1.29 is 28.0 Å². The van der Waals surface area contributed by atoms with E-state index in [0.29, 0.717) is 17.7 Å². The third-order valence-electron chi connectivity index (χ3n) is 4.34. The van der Waals surface area contributed by atoms with Gasteiger partial charge in [-0.2, -0.15) is 8.42 Å². The molecule has 2 heterocycles. The monoisotopic (exact) mass is 475 g/mol. The van der Waals surface area contributed by atoms with Gasteiger partial charge in [0.1, 0.15) is 4.88 Å². The zero-order valence-corrected chi connectivity index (χ0v) is 18.5. The lowest BCUT2D eigenvalue weighted by Gasteiger charge is -2.10. The molecule has 11 heteroatoms. The first kappa shape index (κ1) is 23.4. The molecule has 2 aromatic carbocycles. The van der Waals surface area contributed by atoms with Crippen LogP contribution in [0.25, 0.3) is 21.0 Å². The summed E-state index contributed by atoms with van der Waals surface area (Å²) in [5.41, 5.74) is 6.93. The number of nitrogens with two attached hydrogens (primary N) is 1. The maximum atomic E-state index is 11.5. The molecule has 0 spiro atoms. The maximum absolute atomic E-state index is 11.5. The van der Waals surface area contributed by atoms with Crippen molar-refractivity contribution in [2.24, 2.45) is 5.73 Å². The molecule has 168 valence electrons. The number of fused-ring (bicyclic) bond motifs is 3. The lowest BCUT2D eigenvalue weighted by atomic mass is 10.1. The highest BCUT2D eigenvalue weighted by Crippen LogP contribution is 2.40. The molecule has 0 aliphatic heterocycles. The van der Waals surface area contributed by atoms with Crippen molar-refractivity contribution >= 4 is 54.1 Å². The molecule has 0 fully saturated rings. The highest BCUT2D eigenvalue weighted by Gasteiger charge is 2.20. The standard InChI is InChI=1S/C15H15N3O3S.C6H6O3S/c1-7(16)6-17-13-12-8-2-5-11(19)18-9(8)3-4-10(12)22-14(13)15(20)21;7-10(8,9)6-4-2-1-3-5-6/h2-5,7,17H,6,16H2,1H3,(H,18,19)(H,20,21);1-5H,(H,7,8,9). The van der Waals surface area contributed by atoms with Crippen LogP contribution in [0.3, 0.4) is 0 Å². The molecule has 0 saturated heterocycles. The summed E-state index contributed by atoms with van der Waals surface area (Å²) < 4.78 is 30.1. The van der Waals surface area contributed by atoms with E-state index in [9.17, 15) is 23.4 Å². The van der Waals surface area contributed by atoms with E-state index in [2.05, 4.69) is 10.3 Å². The fourth-order valence-corrected chi connectivity index (χ4v) is 4.50. The molecular formula is C21H21N3O6S2. The van der Waals surface area contributed by atoms with Gasteiger partial charge < -0.3 is 21.3 Å². The van der Waals surface area contributed by atoms with Crippen LogP contribution in [0.2, 0.25) is 0 Å². The van der Waals surface area contributed by atoms with Gasteiger partial charge in [0.25, 0.3) is 10.1 Å². The molecule has 0 radical (unpaired) electrons. The van der Waals surface area contributed by atoms with Crippen molar-refractivity contribution in [3.05, 3.63) is 59.5 Å². The second kappa shape index (κ2) is 9.49. The van der Waals surface area contributed by atoms with Crippen LogP contribution < -0.4 is 11.1 Å². The number of nitrogens with zero attached hydrogens (tertiary/aromatic N) is 1. The number of thiophene rings is 1. The molecule has 1 atom stereocenters. The third kappa shape index (κ3) is 5.32. The average Bonchev–Trinajstić information content (AvgIpc) is 3.12. The number of aromatic carboxylic acids is 1. The number of hydrogen-bond acceptors (Lipinski definition) is 8. The number of rotatable bonds is 5. The second-order valence-electron chi connectivity index (χ2n) is 6.93. The molecule has 4 aromatic rings. The van der Waals surface area contributed by atoms with Crippen molar-refractivity contribution in [1.29, 1.82) is 0 Å². The van der Waals surface area contributed by atoms with Crippen LogP contribution in [-0.4, -0.2) is 46.7 Å². The predicted molar refractivity (Wildman–Crippen MR) is 124 cm³/mol. The Balaban J connectivity index is 0.000000243. The summed E-state index contributed by atoms with van der Waals surface area (Å²) in [7, 11) is -4.00. The molecule has 4 rings (SSSR count). The Hall–Kier alpha value is -3.25. The fourth-order valence-electron chi connectivity index (χ4n) is 2.97. The molecule has 6 N–H and O–H groups in total. The van der Waals surface area contributed by atoms with Crippen molar-refractivity contribution in [2.75, 3.05) is 11.9 Å². The van der Waals surface area contributed by atoms with Crippen molar-refractivity contribution in [2.45, 2.75) is 17.9 Å². The van der Waals surface area contributed by atoms with E-state index in [4.69, 9.17) is 10.3 Å². The lowest BCUT2D eigenvalue weighted by Crippen LogP contribution is -2.25. The average molecular weight is 476 g/mol. The molecule has 32 heavy (non-hydrogen) atoms. The number of anilines is 1. The van der Waals surface area contributed by atoms with Crippen LogP contribution in [0.15, 0.2) is 59.5 Å². The van der Waals surface area contributed by atoms with Gasteiger partial charge in [0, 0.05) is 34.1 Å². The first-order chi connectivity index (χ1) is 15.1. The molecular weight excluding hydrogens is 454 g/mol. The Morgan fingerprint density at radius 2 is 1.84 bits per heavy atom. The summed E-state index contributed by atoms with van der Waals surface area (Å²) in [5, 5.41) is 23.7. The first-order valence-corrected chi connectivity index (χ1v) is 11.6. The van der Waals surface area contributed by atoms with Crippen LogP contribution in [0.4, 0.5) is 5.69 Å². The summed E-state index contributed by atoms with van der Waals surface area (Å²) >= 11 is 1.21. The van der Waals surface area contributed by atoms with Gasteiger partial charge in [-0.25, -0.2) is 9.78 Å². The number of carbonyl (C=O) groups is 1. The van der Waals surface area contributed by atoms with Crippen LogP contribution in [-0.2, 0) is 10.1 Å². The van der Waals surface area contributed by atoms with Crippen LogP contribution in [0.5, 0.6) is 5.88 Å². The normalized spacial score (nSPS) is 12.2. The smallest absolute Gasteiger partial charge is 0.348 e. The van der Waals surface area contributed by atoms with Gasteiger partial charge in [0.2, 0.25) is 5.88 Å². The van der Waals surface area contributed by atoms with E-state index in [-0.39, 0.29) is 21.7 Å². The summed E-state index contributed by atoms with van der Waals surface area (Å²) in [6.07, 6.45) is 0. The van der Waals surface area contributed by atoms with Crippen molar-refractivity contribution in [3.8, 4) is 5.88 Å². The molecule has 0 aliphatic carbocycles. The Bertz CT molecular complexity index is 1370. The largest absolute Gasteiger partial charge is 0.493 e. The van der Waals surface area contributed by atoms with E-state index in [1.807, 2.05) is 13.0 Å². The quantitative estimate of drug-likeness (QED) is 0.272. The van der Waals surface area contributed by atoms with Gasteiger partial charge in [-0.15, -0.1) is 11.3 Å². The number of pyridine rings is 1. The topological polar surface area (TPSA) is 163 Å². The zero-order chi connectivity index (χ0) is 23.5. The molecule has 0 bridgehead atoms. The van der Waals surface area contributed by atoms with Crippen molar-refractivity contribution in [1.82, 2.24) is 4.98 Å². The fraction of sp³-hybridized carbons (Fsp3) is 0.143. The first-order valence-electron chi connectivity index (χ1n) is 9.38. The lowest BCUT2D eigenvalue weighted by molar-refractivity contribution is 0.0703. The number of benzene rings is 2. The zero-order valence-electron chi connectivity index (χ0n) is 16.9. The van der Waals surface area contributed by atoms with E-state index in [1.165, 1.54) is 29.5 Å². The van der Waals surface area contributed by atoms with Gasteiger partial charge in [-0.05, 0) is 37.3 Å². The summed E-state index contributed by atoms with van der Waals surface area (Å²) in [6.45, 7) is 2.31. The summed E-state index contributed by atoms with van der Waals surface area (Å²) in [6, 6.07) is 14.2. The number of hydrogen-bond donors (Lipinski definition) is 5. The predicted octanol–water partition coefficient (Wildman–Crippen LogP) is 3.55. The van der Waals surface area contributed by atoms with E-state index >= 15 is 0 Å². The van der Waals surface area contributed by atoms with Gasteiger partial charge in [0.15, 0.2) is 0 Å². The van der Waals surface area contributed by atoms with Gasteiger partial charge in [-0.3, -0.25) is 4.55 Å². The third-order valence-corrected chi connectivity index (χ3v) is 6.35. The Morgan fingerprint density at radius 1 is 1.16 bits per heavy atom. The Morgan fingerprint density at radius 3 is 2.41 bits per heavy atom. The summed E-state index contributed by atoms with van der Waals surface area (Å²) in [4.78, 5) is 15.8. The molecule has 1 unspecified atom stereocenters. The second-order valence-corrected chi connectivity index (χ2v) is 9.41. The van der Waals surface area contributed by atoms with Crippen LogP contribution in [0, 0.1) is 0 Å². The van der Waals surface area contributed by atoms with Gasteiger partial charge in [-0.1, -0.05) is 18.2 Å². The Labute approximate surface area is 187 Å². The maximum Gasteiger partial charge on any atom is 0.348 e. The van der Waals surface area contributed by atoms with Crippen LogP contribution in [0.1, 0.15) is 16.6 Å². The number of carboxylic acid groups (broad SMARTS) is 1. The number of aromatic nitrogens is 1. The molecule has 0 aliphatic rings. The molecule has 2 aromatic heterocycles. The summed E-state index contributed by atoms with van der Waals surface area (Å²) in [5.74, 6) is -1.04. The molecule has 0 saturated carbocycles. The highest BCUT2D eigenvalue weighted by atomic mass is 32.2. The van der Waals surface area contributed by atoms with E-state index in [0.717, 1.165) is 15.5 Å². The van der Waals surface area contributed by atoms with Crippen molar-refractivity contribution in [3.63, 3.8) is 0 Å². The van der Waals surface area contributed by atoms with E-state index < -0.39 is 16.1 Å². The minimum atomic E-state index is -4.00. The van der Waals surface area contributed by atoms with Gasteiger partial charge >= 0.3 is 5.97 Å². The van der Waals surface area contributed by atoms with E-state index in [1.54, 1.807) is 30.3 Å². The number of aromatic hydroxyl groups is 1. The minimum absolute atomic E-state index is 0.0642. The SMILES string of the molecule is CC(N)CNc1c(C(=O)O)sc2ccc3nc(O)ccc3c12.O=S(=O)(O)c1ccccc1. The Kier molecular flexibility index (Phi) is 6.94. The highest BCUT2D eigenvalue weighted by molar-refractivity contribution is 7.85. The minimum Gasteiger partial charge on any atom is -0.493 e. The number of nitrogens with one attached hydrogen (secondary N) is 1. The van der Waals surface area contributed by atoms with Gasteiger partial charge in [0.05, 0.1) is 16.1 Å². The molecule has 9 nitrogen and oxygen atoms in total.